The Balaban J connectivity index is 1.29. The van der Waals surface area contributed by atoms with Crippen LogP contribution in [0.15, 0.2) is 66.0 Å². The fourth-order valence-corrected chi connectivity index (χ4v) is 8.23. The van der Waals surface area contributed by atoms with Crippen molar-refractivity contribution in [2.75, 3.05) is 13.6 Å². The lowest BCUT2D eigenvalue weighted by Gasteiger charge is -2.58. The van der Waals surface area contributed by atoms with Crippen molar-refractivity contribution in [2.45, 2.75) is 43.1 Å². The first-order valence-corrected chi connectivity index (χ1v) is 14.4. The number of nitrogens with zero attached hydrogens (tertiary/aromatic N) is 3. The van der Waals surface area contributed by atoms with Crippen molar-refractivity contribution in [2.24, 2.45) is 0 Å². The highest BCUT2D eigenvalue weighted by atomic mass is 32.1. The van der Waals surface area contributed by atoms with Crippen molar-refractivity contribution in [3.63, 3.8) is 0 Å². The van der Waals surface area contributed by atoms with Crippen LogP contribution in [0.2, 0.25) is 0 Å². The minimum atomic E-state index is -0.304. The first kappa shape index (κ1) is 23.0. The maximum absolute atomic E-state index is 13.0. The van der Waals surface area contributed by atoms with Crippen molar-refractivity contribution in [3.05, 3.63) is 93.4 Å². The summed E-state index contributed by atoms with van der Waals surface area (Å²) in [6, 6.07) is 23.3. The van der Waals surface area contributed by atoms with Crippen molar-refractivity contribution in [1.82, 2.24) is 25.1 Å². The molecular formula is C31H28N6OS. The molecular weight excluding hydrogens is 504 g/mol. The highest BCUT2D eigenvalue weighted by Crippen LogP contribution is 2.51. The minimum absolute atomic E-state index is 0.0596. The number of rotatable bonds is 3. The van der Waals surface area contributed by atoms with E-state index in [4.69, 9.17) is 0 Å². The van der Waals surface area contributed by atoms with E-state index in [1.54, 1.807) is 0 Å². The Labute approximate surface area is 230 Å². The van der Waals surface area contributed by atoms with Gasteiger partial charge in [0.2, 0.25) is 0 Å². The molecule has 1 saturated heterocycles. The lowest BCUT2D eigenvalue weighted by Crippen LogP contribution is -2.68. The van der Waals surface area contributed by atoms with Gasteiger partial charge in [-0.15, -0.1) is 11.3 Å². The Hall–Kier alpha value is -3.90. The summed E-state index contributed by atoms with van der Waals surface area (Å²) in [5, 5.41) is 18.3. The van der Waals surface area contributed by atoms with Crippen molar-refractivity contribution in [1.29, 1.82) is 5.26 Å². The van der Waals surface area contributed by atoms with Crippen LogP contribution < -0.4 is 5.32 Å². The number of H-pyrrole nitrogens is 2. The number of nitrogens with one attached hydrogen (secondary N) is 3. The zero-order valence-electron chi connectivity index (χ0n) is 21.5. The number of likely N-dealkylation sites (N-methyl/N-ethyl adjacent to an activating group) is 1. The molecule has 3 aliphatic heterocycles. The monoisotopic (exact) mass is 532 g/mol. The lowest BCUT2D eigenvalue weighted by molar-refractivity contribution is -0.0722. The summed E-state index contributed by atoms with van der Waals surface area (Å²) in [5.74, 6) is -0.0643. The Morgan fingerprint density at radius 1 is 0.974 bits per heavy atom. The highest BCUT2D eigenvalue weighted by molar-refractivity contribution is 7.12. The fraction of sp³-hybridized carbons (Fsp3) is 0.290. The molecule has 0 radical (unpaired) electrons. The van der Waals surface area contributed by atoms with Gasteiger partial charge in [0.25, 0.3) is 5.91 Å². The highest BCUT2D eigenvalue weighted by Gasteiger charge is 2.55. The smallest absolute Gasteiger partial charge is 0.261 e. The Morgan fingerprint density at radius 2 is 1.64 bits per heavy atom. The summed E-state index contributed by atoms with van der Waals surface area (Å²) in [5.41, 5.74) is 7.31. The SMILES string of the molecule is CN1[C@@H]2c3[nH]c4ccccc4c3C[C@H]1[C@H](C#N)N1[C@@H](CNC(=O)c3cccs3)c3[nH]c4ccccc4c3C[C@@H]21. The quantitative estimate of drug-likeness (QED) is 0.308. The zero-order chi connectivity index (χ0) is 26.2. The maximum Gasteiger partial charge on any atom is 0.261 e. The van der Waals surface area contributed by atoms with E-state index in [9.17, 15) is 10.1 Å². The molecule has 8 heteroatoms. The van der Waals surface area contributed by atoms with Crippen LogP contribution >= 0.6 is 11.3 Å². The third kappa shape index (κ3) is 3.24. The molecule has 5 atom stereocenters. The normalized spacial score (nSPS) is 26.1. The molecule has 1 fully saturated rings. The average molecular weight is 533 g/mol. The number of amides is 1. The van der Waals surface area contributed by atoms with E-state index in [-0.39, 0.29) is 36.1 Å². The topological polar surface area (TPSA) is 90.9 Å². The summed E-state index contributed by atoms with van der Waals surface area (Å²) >= 11 is 1.45. The van der Waals surface area contributed by atoms with Gasteiger partial charge in [0, 0.05) is 51.8 Å². The Kier molecular flexibility index (Phi) is 5.05. The number of carbonyl (C=O) groups is 1. The van der Waals surface area contributed by atoms with Gasteiger partial charge in [-0.1, -0.05) is 42.5 Å². The van der Waals surface area contributed by atoms with E-state index < -0.39 is 0 Å². The molecule has 0 aliphatic carbocycles. The zero-order valence-corrected chi connectivity index (χ0v) is 22.3. The number of hydrogen-bond acceptors (Lipinski definition) is 5. The summed E-state index contributed by atoms with van der Waals surface area (Å²) in [7, 11) is 2.18. The Morgan fingerprint density at radius 3 is 2.33 bits per heavy atom. The molecule has 8 rings (SSSR count). The lowest BCUT2D eigenvalue weighted by atomic mass is 9.75. The third-order valence-corrected chi connectivity index (χ3v) is 10.1. The molecule has 0 saturated carbocycles. The molecule has 2 bridgehead atoms. The minimum Gasteiger partial charge on any atom is -0.357 e. The standard InChI is InChI=1S/C31H28N6OS/c1-36-23-13-20-18-8-3-5-10-22(18)35-29(20)30(36)24-14-19-17-7-2-4-9-21(17)34-28(19)26(37(24)25(23)15-32)16-33-31(38)27-11-6-12-39-27/h2-12,23-26,30,34-35H,13-14,16H2,1H3,(H,33,38)/t23-,24-,25-,26-,30-/m0/s1. The number of benzene rings is 2. The second-order valence-electron chi connectivity index (χ2n) is 11.0. The number of aromatic nitrogens is 2. The van der Waals surface area contributed by atoms with E-state index in [2.05, 4.69) is 86.7 Å². The number of aromatic amines is 2. The molecule has 39 heavy (non-hydrogen) atoms. The van der Waals surface area contributed by atoms with E-state index in [1.165, 1.54) is 38.9 Å². The number of hydrogen-bond donors (Lipinski definition) is 3. The van der Waals surface area contributed by atoms with Gasteiger partial charge in [-0.05, 0) is 54.6 Å². The van der Waals surface area contributed by atoms with E-state index in [0.29, 0.717) is 11.4 Å². The van der Waals surface area contributed by atoms with Gasteiger partial charge < -0.3 is 15.3 Å². The molecule has 3 aliphatic rings. The number of piperazine rings is 1. The summed E-state index contributed by atoms with van der Waals surface area (Å²) in [6.45, 7) is 0.438. The van der Waals surface area contributed by atoms with Crippen LogP contribution in [-0.2, 0) is 12.8 Å². The van der Waals surface area contributed by atoms with Crippen LogP contribution in [0.5, 0.6) is 0 Å². The van der Waals surface area contributed by atoms with Gasteiger partial charge in [-0.3, -0.25) is 14.6 Å². The number of para-hydroxylation sites is 2. The fourth-order valence-electron chi connectivity index (χ4n) is 7.59. The van der Waals surface area contributed by atoms with Gasteiger partial charge in [0.05, 0.1) is 23.0 Å². The Bertz CT molecular complexity index is 1780. The third-order valence-electron chi connectivity index (χ3n) is 9.24. The molecule has 0 unspecified atom stereocenters. The van der Waals surface area contributed by atoms with Crippen molar-refractivity contribution < 1.29 is 4.79 Å². The first-order valence-electron chi connectivity index (χ1n) is 13.5. The molecule has 194 valence electrons. The van der Waals surface area contributed by atoms with Crippen LogP contribution in [0.3, 0.4) is 0 Å². The second-order valence-corrected chi connectivity index (χ2v) is 12.0. The summed E-state index contributed by atoms with van der Waals surface area (Å²) < 4.78 is 0. The predicted octanol–water partition coefficient (Wildman–Crippen LogP) is 4.91. The number of nitriles is 1. The predicted molar refractivity (Wildman–Crippen MR) is 153 cm³/mol. The van der Waals surface area contributed by atoms with Gasteiger partial charge in [0.1, 0.15) is 6.04 Å². The molecule has 2 aromatic carbocycles. The number of carbonyl (C=O) groups excluding carboxylic acids is 1. The number of fused-ring (bicyclic) bond motifs is 11. The largest absolute Gasteiger partial charge is 0.357 e. The van der Waals surface area contributed by atoms with Crippen LogP contribution in [0.1, 0.15) is 44.3 Å². The first-order chi connectivity index (χ1) is 19.1. The van der Waals surface area contributed by atoms with Crippen molar-refractivity contribution in [3.8, 4) is 6.07 Å². The second kappa shape index (κ2) is 8.55. The molecule has 3 aromatic heterocycles. The van der Waals surface area contributed by atoms with E-state index >= 15 is 0 Å². The van der Waals surface area contributed by atoms with Crippen LogP contribution in [0.25, 0.3) is 21.8 Å². The maximum atomic E-state index is 13.0. The van der Waals surface area contributed by atoms with Gasteiger partial charge in [0.15, 0.2) is 0 Å². The van der Waals surface area contributed by atoms with E-state index in [0.717, 1.165) is 29.6 Å². The van der Waals surface area contributed by atoms with Crippen LogP contribution in [0.4, 0.5) is 0 Å². The molecule has 5 aromatic rings. The summed E-state index contributed by atoms with van der Waals surface area (Å²) in [6.07, 6.45) is 1.66. The van der Waals surface area contributed by atoms with Gasteiger partial charge in [-0.25, -0.2) is 0 Å². The molecule has 7 nitrogen and oxygen atoms in total. The van der Waals surface area contributed by atoms with Gasteiger partial charge >= 0.3 is 0 Å². The average Bonchev–Trinajstić information content (AvgIpc) is 3.69. The van der Waals surface area contributed by atoms with E-state index in [1.807, 2.05) is 17.5 Å². The van der Waals surface area contributed by atoms with Gasteiger partial charge in [-0.2, -0.15) is 5.26 Å². The molecule has 1 amide bonds. The van der Waals surface area contributed by atoms with Crippen molar-refractivity contribution >= 4 is 39.0 Å². The molecule has 3 N–H and O–H groups in total. The summed E-state index contributed by atoms with van der Waals surface area (Å²) in [4.78, 5) is 26.1. The van der Waals surface area contributed by atoms with Crippen LogP contribution in [0, 0.1) is 11.3 Å². The number of thiophene rings is 1. The molecule has 6 heterocycles. The molecule has 0 spiro atoms. The van der Waals surface area contributed by atoms with Crippen LogP contribution in [-0.4, -0.2) is 57.4 Å².